The minimum absolute atomic E-state index is 0.455. The Labute approximate surface area is 124 Å². The Hall–Kier alpha value is -1.12. The van der Waals surface area contributed by atoms with Crippen LogP contribution in [0.3, 0.4) is 0 Å². The van der Waals surface area contributed by atoms with Gasteiger partial charge in [0, 0.05) is 10.5 Å². The molecule has 2 heteroatoms. The smallest absolute Gasteiger partial charge is 0.0317 e. The second-order valence-corrected chi connectivity index (χ2v) is 5.69. The molecule has 19 heavy (non-hydrogen) atoms. The zero-order chi connectivity index (χ0) is 13.5. The Morgan fingerprint density at radius 1 is 1.00 bits per heavy atom. The Kier molecular flexibility index (Phi) is 5.62. The number of halogens is 1. The molecule has 0 bridgehead atoms. The second kappa shape index (κ2) is 7.46. The van der Waals surface area contributed by atoms with Gasteiger partial charge in [-0.15, -0.1) is 0 Å². The molecule has 0 saturated carbocycles. The fourth-order valence-electron chi connectivity index (χ4n) is 2.32. The van der Waals surface area contributed by atoms with Crippen LogP contribution in [0.4, 0.5) is 0 Å². The molecule has 0 aliphatic heterocycles. The summed E-state index contributed by atoms with van der Waals surface area (Å²) in [4.78, 5) is 0. The van der Waals surface area contributed by atoms with Gasteiger partial charge in [-0.05, 0) is 49.6 Å². The monoisotopic (exact) mass is 317 g/mol. The van der Waals surface area contributed by atoms with Crippen LogP contribution in [0.1, 0.15) is 30.0 Å². The van der Waals surface area contributed by atoms with E-state index in [1.165, 1.54) is 17.5 Å². The van der Waals surface area contributed by atoms with Crippen LogP contribution in [0.25, 0.3) is 0 Å². The minimum Gasteiger partial charge on any atom is -0.313 e. The van der Waals surface area contributed by atoms with Gasteiger partial charge in [-0.3, -0.25) is 0 Å². The van der Waals surface area contributed by atoms with Crippen LogP contribution in [0.15, 0.2) is 59.1 Å². The lowest BCUT2D eigenvalue weighted by molar-refractivity contribution is 0.527. The lowest BCUT2D eigenvalue weighted by Crippen LogP contribution is -2.16. The third-order valence-electron chi connectivity index (χ3n) is 3.42. The molecule has 0 saturated heterocycles. The van der Waals surface area contributed by atoms with Crippen molar-refractivity contribution in [1.29, 1.82) is 0 Å². The van der Waals surface area contributed by atoms with Crippen LogP contribution in [-0.4, -0.2) is 7.05 Å². The highest BCUT2D eigenvalue weighted by Gasteiger charge is 2.07. The van der Waals surface area contributed by atoms with Gasteiger partial charge in [0.15, 0.2) is 0 Å². The van der Waals surface area contributed by atoms with E-state index in [0.29, 0.717) is 6.04 Å². The average molecular weight is 318 g/mol. The molecule has 1 nitrogen and oxygen atoms in total. The van der Waals surface area contributed by atoms with Crippen LogP contribution < -0.4 is 5.32 Å². The summed E-state index contributed by atoms with van der Waals surface area (Å²) in [5.41, 5.74) is 2.78. The molecule has 1 unspecified atom stereocenters. The molecule has 2 aromatic rings. The van der Waals surface area contributed by atoms with Crippen molar-refractivity contribution < 1.29 is 0 Å². The quantitative estimate of drug-likeness (QED) is 0.812. The summed E-state index contributed by atoms with van der Waals surface area (Å²) in [6.07, 6.45) is 3.50. The Morgan fingerprint density at radius 2 is 1.68 bits per heavy atom. The molecular weight excluding hydrogens is 298 g/mol. The first kappa shape index (κ1) is 14.3. The lowest BCUT2D eigenvalue weighted by atomic mass is 9.99. The Balaban J connectivity index is 1.85. The summed E-state index contributed by atoms with van der Waals surface area (Å²) in [5, 5.41) is 3.41. The van der Waals surface area contributed by atoms with E-state index in [9.17, 15) is 0 Å². The third kappa shape index (κ3) is 4.48. The Bertz CT molecular complexity index is 478. The number of hydrogen-bond acceptors (Lipinski definition) is 1. The summed E-state index contributed by atoms with van der Waals surface area (Å²) in [6.45, 7) is 0. The molecule has 1 N–H and O–H groups in total. The molecular formula is C17H20BrN. The topological polar surface area (TPSA) is 12.0 Å². The molecule has 0 heterocycles. The van der Waals surface area contributed by atoms with Crippen LogP contribution in [0.5, 0.6) is 0 Å². The van der Waals surface area contributed by atoms with Gasteiger partial charge in [0.05, 0.1) is 0 Å². The van der Waals surface area contributed by atoms with Gasteiger partial charge >= 0.3 is 0 Å². The standard InChI is InChI=1S/C17H20BrN/c1-19-17(15-7-3-2-4-8-15)9-5-6-14-10-12-16(18)13-11-14/h2-4,7-8,10-13,17,19H,5-6,9H2,1H3. The SMILES string of the molecule is CNC(CCCc1ccc(Br)cc1)c1ccccc1. The summed E-state index contributed by atoms with van der Waals surface area (Å²) in [6, 6.07) is 19.7. The van der Waals surface area contributed by atoms with Crippen molar-refractivity contribution in [1.82, 2.24) is 5.32 Å². The molecule has 0 aliphatic rings. The van der Waals surface area contributed by atoms with E-state index in [4.69, 9.17) is 0 Å². The highest BCUT2D eigenvalue weighted by molar-refractivity contribution is 9.10. The third-order valence-corrected chi connectivity index (χ3v) is 3.95. The molecule has 1 atom stereocenters. The van der Waals surface area contributed by atoms with E-state index in [1.54, 1.807) is 0 Å². The fourth-order valence-corrected chi connectivity index (χ4v) is 2.59. The highest BCUT2D eigenvalue weighted by Crippen LogP contribution is 2.19. The predicted molar refractivity (Wildman–Crippen MR) is 85.3 cm³/mol. The first-order valence-electron chi connectivity index (χ1n) is 6.76. The van der Waals surface area contributed by atoms with Crippen molar-refractivity contribution in [3.63, 3.8) is 0 Å². The van der Waals surface area contributed by atoms with Crippen LogP contribution in [-0.2, 0) is 6.42 Å². The maximum Gasteiger partial charge on any atom is 0.0317 e. The number of aryl methyl sites for hydroxylation is 1. The minimum atomic E-state index is 0.455. The molecule has 2 aromatic carbocycles. The number of hydrogen-bond donors (Lipinski definition) is 1. The summed E-state index contributed by atoms with van der Waals surface area (Å²) < 4.78 is 1.15. The molecule has 0 radical (unpaired) electrons. The summed E-state index contributed by atoms with van der Waals surface area (Å²) in [5.74, 6) is 0. The van der Waals surface area contributed by atoms with E-state index in [0.717, 1.165) is 17.3 Å². The van der Waals surface area contributed by atoms with Gasteiger partial charge in [-0.25, -0.2) is 0 Å². The zero-order valence-corrected chi connectivity index (χ0v) is 12.9. The molecule has 0 aromatic heterocycles. The van der Waals surface area contributed by atoms with Gasteiger partial charge in [0.1, 0.15) is 0 Å². The molecule has 0 fully saturated rings. The highest BCUT2D eigenvalue weighted by atomic mass is 79.9. The van der Waals surface area contributed by atoms with Gasteiger partial charge in [0.2, 0.25) is 0 Å². The molecule has 0 spiro atoms. The van der Waals surface area contributed by atoms with Gasteiger partial charge in [-0.2, -0.15) is 0 Å². The number of benzene rings is 2. The maximum absolute atomic E-state index is 3.47. The van der Waals surface area contributed by atoms with Gasteiger partial charge in [0.25, 0.3) is 0 Å². The molecule has 2 rings (SSSR count). The summed E-state index contributed by atoms with van der Waals surface area (Å²) in [7, 11) is 2.04. The van der Waals surface area contributed by atoms with E-state index in [-0.39, 0.29) is 0 Å². The van der Waals surface area contributed by atoms with E-state index in [2.05, 4.69) is 75.8 Å². The first-order valence-corrected chi connectivity index (χ1v) is 7.55. The fraction of sp³-hybridized carbons (Fsp3) is 0.294. The van der Waals surface area contributed by atoms with E-state index in [1.807, 2.05) is 7.05 Å². The Morgan fingerprint density at radius 3 is 2.32 bits per heavy atom. The predicted octanol–water partition coefficient (Wildman–Crippen LogP) is 4.73. The van der Waals surface area contributed by atoms with Crippen LogP contribution in [0, 0.1) is 0 Å². The normalized spacial score (nSPS) is 12.3. The van der Waals surface area contributed by atoms with Crippen LogP contribution >= 0.6 is 15.9 Å². The van der Waals surface area contributed by atoms with Crippen molar-refractivity contribution in [2.24, 2.45) is 0 Å². The second-order valence-electron chi connectivity index (χ2n) is 4.77. The van der Waals surface area contributed by atoms with Crippen LogP contribution in [0.2, 0.25) is 0 Å². The number of nitrogens with one attached hydrogen (secondary N) is 1. The van der Waals surface area contributed by atoms with Gasteiger partial charge in [-0.1, -0.05) is 58.4 Å². The summed E-state index contributed by atoms with van der Waals surface area (Å²) >= 11 is 3.47. The van der Waals surface area contributed by atoms with Crippen molar-refractivity contribution >= 4 is 15.9 Å². The van der Waals surface area contributed by atoms with Gasteiger partial charge < -0.3 is 5.32 Å². The first-order chi connectivity index (χ1) is 9.29. The molecule has 0 aliphatic carbocycles. The van der Waals surface area contributed by atoms with E-state index < -0.39 is 0 Å². The molecule has 0 amide bonds. The van der Waals surface area contributed by atoms with Crippen molar-refractivity contribution in [2.75, 3.05) is 7.05 Å². The van der Waals surface area contributed by atoms with Crippen molar-refractivity contribution in [3.05, 3.63) is 70.2 Å². The average Bonchev–Trinajstić information content (AvgIpc) is 2.46. The maximum atomic E-state index is 3.47. The van der Waals surface area contributed by atoms with Crippen molar-refractivity contribution in [2.45, 2.75) is 25.3 Å². The molecule has 100 valence electrons. The zero-order valence-electron chi connectivity index (χ0n) is 11.3. The number of rotatable bonds is 6. The lowest BCUT2D eigenvalue weighted by Gasteiger charge is -2.16. The van der Waals surface area contributed by atoms with Crippen molar-refractivity contribution in [3.8, 4) is 0 Å². The van der Waals surface area contributed by atoms with E-state index >= 15 is 0 Å². The largest absolute Gasteiger partial charge is 0.313 e.